The molecule has 3 aliphatic heterocycles. The number of amides is 1. The van der Waals surface area contributed by atoms with Gasteiger partial charge in [0.2, 0.25) is 14.1 Å². The Labute approximate surface area is 435 Å². The van der Waals surface area contributed by atoms with Gasteiger partial charge in [0, 0.05) is 44.9 Å². The highest BCUT2D eigenvalue weighted by Crippen LogP contribution is 2.41. The van der Waals surface area contributed by atoms with Crippen LogP contribution in [0.4, 0.5) is 0 Å². The number of fused-ring (bicyclic) bond motifs is 4. The zero-order valence-electron chi connectivity index (χ0n) is 46.0. The number of methoxy groups -OCH3 is 2. The van der Waals surface area contributed by atoms with E-state index in [9.17, 15) is 34.5 Å². The Morgan fingerprint density at radius 3 is 2.14 bits per heavy atom. The quantitative estimate of drug-likeness (QED) is 0.0934. The summed E-state index contributed by atoms with van der Waals surface area (Å²) in [6.07, 6.45) is 2.87. The van der Waals surface area contributed by atoms with Crippen LogP contribution in [0.15, 0.2) is 59.7 Å². The molecule has 2 aromatic carbocycles. The molecule has 1 amide bonds. The summed E-state index contributed by atoms with van der Waals surface area (Å²) >= 11 is 0. The number of ether oxygens (including phenoxy) is 5. The smallest absolute Gasteiger partial charge is 0.329 e. The van der Waals surface area contributed by atoms with Crippen LogP contribution in [-0.2, 0) is 38.1 Å². The third-order valence-corrected chi connectivity index (χ3v) is 21.2. The van der Waals surface area contributed by atoms with E-state index in [2.05, 4.69) is 46.9 Å². The van der Waals surface area contributed by atoms with E-state index < -0.39 is 98.3 Å². The van der Waals surface area contributed by atoms with Crippen LogP contribution in [-0.4, -0.2) is 127 Å². The van der Waals surface area contributed by atoms with E-state index in [1.165, 1.54) is 19.1 Å². The molecule has 15 heteroatoms. The number of cyclic esters (lactones) is 1. The standard InChI is InChI=1S/C58H87NO13Si/c1-14-40-26-34(2)25-35(3)27-50(67-10)53-51(68-11)29-37(5)58(66,71-53)54(63)55(64)59-24-16-15-17-45(59)56(65)70-52(38(6)46(60)33-47(40)61)36(4)28-39-18-23-49(48(62)30-39)69-43-21-19-42-32-44(22-20-41(42)31-43)72-73(12,13)57(7,8)9/h19-22,26,28,31-32,35,37-40,45-46,48-53,60,62,66H,14-18,23-25,27,29-30,33H2,1-13H3/b34-26+,36-28?. The number of aliphatic hydroxyl groups excluding tert-OH is 2. The van der Waals surface area contributed by atoms with Crippen LogP contribution in [0.1, 0.15) is 133 Å². The zero-order chi connectivity index (χ0) is 53.7. The number of piperidine rings is 1. The van der Waals surface area contributed by atoms with E-state index in [4.69, 9.17) is 28.1 Å². The SMILES string of the molecule is CCC1/C=C(\C)CC(C)CC(OC)C2OC(O)(C(=O)C(=O)N3CCCCC3C(=O)OC(C(C)=CC3CCC(Oc4ccc5cc(O[Si](C)(C)C(C)(C)C)ccc5c4)C(O)C3)C(C)C(O)CC1=O)C(C)CC2OC. The molecule has 0 aromatic heterocycles. The van der Waals surface area contributed by atoms with Crippen molar-refractivity contribution < 1.29 is 62.6 Å². The lowest BCUT2D eigenvalue weighted by Gasteiger charge is -2.47. The number of ketones is 2. The predicted octanol–water partition coefficient (Wildman–Crippen LogP) is 9.44. The highest BCUT2D eigenvalue weighted by molar-refractivity contribution is 6.74. The fourth-order valence-corrected chi connectivity index (χ4v) is 12.3. The van der Waals surface area contributed by atoms with Crippen molar-refractivity contribution in [2.75, 3.05) is 20.8 Å². The van der Waals surface area contributed by atoms with Gasteiger partial charge >= 0.3 is 5.97 Å². The minimum atomic E-state index is -2.53. The van der Waals surface area contributed by atoms with Gasteiger partial charge in [-0.1, -0.05) is 78.3 Å². The van der Waals surface area contributed by atoms with Crippen LogP contribution in [0, 0.1) is 29.6 Å². The van der Waals surface area contributed by atoms with Crippen molar-refractivity contribution in [3.8, 4) is 11.5 Å². The summed E-state index contributed by atoms with van der Waals surface area (Å²) in [5.74, 6) is -6.33. The van der Waals surface area contributed by atoms with E-state index in [1.807, 2.05) is 63.3 Å². The summed E-state index contributed by atoms with van der Waals surface area (Å²) in [7, 11) is 1.05. The first-order valence-corrected chi connectivity index (χ1v) is 29.9. The lowest BCUT2D eigenvalue weighted by atomic mass is 9.81. The van der Waals surface area contributed by atoms with Crippen molar-refractivity contribution in [2.45, 2.75) is 206 Å². The summed E-state index contributed by atoms with van der Waals surface area (Å²) in [5.41, 5.74) is 1.61. The number of benzene rings is 2. The molecule has 2 bridgehead atoms. The second kappa shape index (κ2) is 24.4. The number of aliphatic hydroxyl groups is 3. The maximum absolute atomic E-state index is 14.6. The van der Waals surface area contributed by atoms with Gasteiger partial charge in [-0.15, -0.1) is 0 Å². The van der Waals surface area contributed by atoms with E-state index in [0.29, 0.717) is 62.7 Å². The predicted molar refractivity (Wildman–Crippen MR) is 283 cm³/mol. The van der Waals surface area contributed by atoms with Gasteiger partial charge in [-0.05, 0) is 149 Å². The highest BCUT2D eigenvalue weighted by atomic mass is 28.4. The molecular formula is C58H87NO13Si. The van der Waals surface area contributed by atoms with E-state index in [1.54, 1.807) is 13.8 Å². The normalized spacial score (nSPS) is 35.1. The Morgan fingerprint density at radius 1 is 0.863 bits per heavy atom. The molecule has 1 saturated carbocycles. The number of carbonyl (C=O) groups excluding carboxylic acids is 4. The summed E-state index contributed by atoms with van der Waals surface area (Å²) in [6.45, 7) is 22.4. The zero-order valence-corrected chi connectivity index (χ0v) is 47.0. The number of esters is 1. The molecular weight excluding hydrogens is 947 g/mol. The van der Waals surface area contributed by atoms with Crippen molar-refractivity contribution in [3.63, 3.8) is 0 Å². The van der Waals surface area contributed by atoms with Gasteiger partial charge in [0.1, 0.15) is 41.6 Å². The Bertz CT molecular complexity index is 2320. The fourth-order valence-electron chi connectivity index (χ4n) is 11.2. The molecule has 4 aliphatic rings. The van der Waals surface area contributed by atoms with Crippen molar-refractivity contribution in [2.24, 2.45) is 29.6 Å². The first-order valence-electron chi connectivity index (χ1n) is 27.0. The van der Waals surface area contributed by atoms with E-state index in [-0.39, 0.29) is 48.5 Å². The van der Waals surface area contributed by atoms with Crippen molar-refractivity contribution >= 4 is 42.5 Å². The number of hydrogen-bond donors (Lipinski definition) is 3. The van der Waals surface area contributed by atoms with Gasteiger partial charge in [0.15, 0.2) is 0 Å². The molecule has 14 atom stereocenters. The Kier molecular flexibility index (Phi) is 19.5. The number of hydrogen-bond acceptors (Lipinski definition) is 13. The molecule has 3 fully saturated rings. The molecule has 3 heterocycles. The largest absolute Gasteiger partial charge is 0.543 e. The second-order valence-electron chi connectivity index (χ2n) is 23.6. The molecule has 73 heavy (non-hydrogen) atoms. The van der Waals surface area contributed by atoms with Crippen LogP contribution in [0.2, 0.25) is 18.1 Å². The molecule has 0 radical (unpaired) electrons. The van der Waals surface area contributed by atoms with Gasteiger partial charge in [-0.25, -0.2) is 4.79 Å². The molecule has 3 N–H and O–H groups in total. The summed E-state index contributed by atoms with van der Waals surface area (Å²) in [4.78, 5) is 58.6. The number of nitrogens with zero attached hydrogens (tertiary/aromatic N) is 1. The Hall–Kier alpha value is -3.96. The maximum Gasteiger partial charge on any atom is 0.329 e. The van der Waals surface area contributed by atoms with E-state index >= 15 is 0 Å². The van der Waals surface area contributed by atoms with Crippen molar-refractivity contribution in [3.05, 3.63) is 59.7 Å². The lowest BCUT2D eigenvalue weighted by Crippen LogP contribution is -2.64. The topological polar surface area (TPSA) is 188 Å². The van der Waals surface area contributed by atoms with Gasteiger partial charge in [-0.2, -0.15) is 0 Å². The minimum Gasteiger partial charge on any atom is -0.543 e. The summed E-state index contributed by atoms with van der Waals surface area (Å²) in [5, 5.41) is 37.7. The van der Waals surface area contributed by atoms with Gasteiger partial charge < -0.3 is 48.3 Å². The minimum absolute atomic E-state index is 0.0169. The molecule has 1 aliphatic carbocycles. The van der Waals surface area contributed by atoms with Crippen LogP contribution < -0.4 is 9.16 Å². The first-order chi connectivity index (χ1) is 34.3. The average Bonchev–Trinajstić information content (AvgIpc) is 3.34. The number of Topliss-reactive ketones (excluding diaryl/α,β-unsaturated/α-hetero) is 2. The summed E-state index contributed by atoms with van der Waals surface area (Å²) in [6, 6.07) is 10.8. The van der Waals surface area contributed by atoms with Crippen molar-refractivity contribution in [1.29, 1.82) is 0 Å². The molecule has 2 saturated heterocycles. The third-order valence-electron chi connectivity index (χ3n) is 16.8. The maximum atomic E-state index is 14.6. The number of allylic oxidation sites excluding steroid dienone is 3. The monoisotopic (exact) mass is 1030 g/mol. The van der Waals surface area contributed by atoms with Crippen LogP contribution in [0.25, 0.3) is 10.8 Å². The van der Waals surface area contributed by atoms with Crippen LogP contribution >= 0.6 is 0 Å². The van der Waals surface area contributed by atoms with Gasteiger partial charge in [-0.3, -0.25) is 14.4 Å². The highest BCUT2D eigenvalue weighted by Gasteiger charge is 2.57. The second-order valence-corrected chi connectivity index (χ2v) is 28.3. The van der Waals surface area contributed by atoms with E-state index in [0.717, 1.165) is 22.1 Å². The van der Waals surface area contributed by atoms with Crippen molar-refractivity contribution in [1.82, 2.24) is 4.90 Å². The van der Waals surface area contributed by atoms with Crippen LogP contribution in [0.3, 0.4) is 0 Å². The molecule has 2 aromatic rings. The number of carbonyl (C=O) groups is 4. The molecule has 0 spiro atoms. The molecule has 14 unspecified atom stereocenters. The van der Waals surface area contributed by atoms with Gasteiger partial charge in [0.25, 0.3) is 11.7 Å². The molecule has 6 rings (SSSR count). The third kappa shape index (κ3) is 13.7. The first kappa shape index (κ1) is 58.3. The fraction of sp³-hybridized carbons (Fsp3) is 0.690. The lowest BCUT2D eigenvalue weighted by molar-refractivity contribution is -0.302. The van der Waals surface area contributed by atoms with Gasteiger partial charge in [0.05, 0.1) is 24.4 Å². The average molecular weight is 1030 g/mol. The number of rotatable bonds is 9. The Morgan fingerprint density at radius 2 is 1.51 bits per heavy atom. The van der Waals surface area contributed by atoms with Crippen LogP contribution in [0.5, 0.6) is 11.5 Å². The molecule has 14 nitrogen and oxygen atoms in total. The Balaban J connectivity index is 1.25. The molecule has 406 valence electrons. The summed E-state index contributed by atoms with van der Waals surface area (Å²) < 4.78 is 37.5.